The number of aryl methyl sites for hydroxylation is 1. The van der Waals surface area contributed by atoms with Gasteiger partial charge in [-0.05, 0) is 57.1 Å². The summed E-state index contributed by atoms with van der Waals surface area (Å²) < 4.78 is 6.24. The molecule has 1 aromatic carbocycles. The highest BCUT2D eigenvalue weighted by Gasteiger charge is 2.35. The molecule has 1 N–H and O–H groups in total. The molecule has 0 spiro atoms. The lowest BCUT2D eigenvalue weighted by Crippen LogP contribution is -2.37. The number of ether oxygens (including phenoxy) is 1. The molecule has 1 saturated heterocycles. The van der Waals surface area contributed by atoms with E-state index >= 15 is 0 Å². The van der Waals surface area contributed by atoms with Gasteiger partial charge in [0.15, 0.2) is 5.82 Å². The fraction of sp³-hybridized carbons (Fsp3) is 0.586. The first-order valence-electron chi connectivity index (χ1n) is 13.7. The molecular formula is C29H43N5O. The van der Waals surface area contributed by atoms with Gasteiger partial charge in [-0.3, -0.25) is 10.3 Å². The van der Waals surface area contributed by atoms with Crippen LogP contribution in [0.5, 0.6) is 5.88 Å². The number of fused-ring (bicyclic) bond motifs is 1. The zero-order chi connectivity index (χ0) is 24.5. The number of hydrogen-bond donors (Lipinski definition) is 1. The molecule has 1 aliphatic heterocycles. The summed E-state index contributed by atoms with van der Waals surface area (Å²) >= 11 is 0. The average Bonchev–Trinajstić information content (AvgIpc) is 3.27. The Hall–Kier alpha value is -2.60. The molecule has 2 unspecified atom stereocenters. The summed E-state index contributed by atoms with van der Waals surface area (Å²) in [5, 5.41) is 4.46. The van der Waals surface area contributed by atoms with Crippen molar-refractivity contribution in [1.82, 2.24) is 9.88 Å². The van der Waals surface area contributed by atoms with Gasteiger partial charge in [-0.15, -0.1) is 0 Å². The summed E-state index contributed by atoms with van der Waals surface area (Å²) in [6.07, 6.45) is 11.0. The molecule has 4 rings (SSSR count). The molecule has 0 bridgehead atoms. The van der Waals surface area contributed by atoms with Crippen LogP contribution in [0.2, 0.25) is 0 Å². The van der Waals surface area contributed by atoms with E-state index in [4.69, 9.17) is 9.72 Å². The highest BCUT2D eigenvalue weighted by atomic mass is 16.5. The van der Waals surface area contributed by atoms with E-state index in [1.165, 1.54) is 44.2 Å². The maximum absolute atomic E-state index is 6.24. The van der Waals surface area contributed by atoms with E-state index in [-0.39, 0.29) is 0 Å². The summed E-state index contributed by atoms with van der Waals surface area (Å²) in [4.78, 5) is 9.80. The van der Waals surface area contributed by atoms with Crippen molar-refractivity contribution < 1.29 is 4.74 Å². The summed E-state index contributed by atoms with van der Waals surface area (Å²) in [6.45, 7) is 11.4. The molecule has 2 heterocycles. The Morgan fingerprint density at radius 3 is 2.74 bits per heavy atom. The van der Waals surface area contributed by atoms with Gasteiger partial charge < -0.3 is 9.64 Å². The first-order valence-corrected chi connectivity index (χ1v) is 13.7. The second kappa shape index (κ2) is 12.9. The maximum atomic E-state index is 6.24. The van der Waals surface area contributed by atoms with Crippen molar-refractivity contribution >= 4 is 17.7 Å². The third-order valence-electron chi connectivity index (χ3n) is 7.33. The minimum atomic E-state index is 0.673. The highest BCUT2D eigenvalue weighted by Crippen LogP contribution is 2.35. The number of likely N-dealkylation sites (tertiary alicyclic amines) is 1. The lowest BCUT2D eigenvalue weighted by atomic mass is 9.85. The Kier molecular flexibility index (Phi) is 9.41. The predicted molar refractivity (Wildman–Crippen MR) is 147 cm³/mol. The second-order valence-corrected chi connectivity index (χ2v) is 10.1. The van der Waals surface area contributed by atoms with E-state index in [0.29, 0.717) is 18.3 Å². The number of benzene rings is 1. The highest BCUT2D eigenvalue weighted by molar-refractivity contribution is 5.80. The molecule has 6 nitrogen and oxygen atoms in total. The van der Waals surface area contributed by atoms with Crippen LogP contribution >= 0.6 is 0 Å². The largest absolute Gasteiger partial charge is 0.476 e. The van der Waals surface area contributed by atoms with Gasteiger partial charge in [0, 0.05) is 43.5 Å². The van der Waals surface area contributed by atoms with Crippen LogP contribution in [0.1, 0.15) is 69.9 Å². The SMILES string of the molecule is CCCN(CCC)c1cc(N/N=C/c2cccc(C)c2)nc(OCCN2CCC3CCCCC32)c1. The van der Waals surface area contributed by atoms with Gasteiger partial charge in [-0.2, -0.15) is 10.1 Å². The molecule has 190 valence electrons. The molecule has 2 aliphatic rings. The number of nitrogens with one attached hydrogen (secondary N) is 1. The molecule has 1 aromatic heterocycles. The first kappa shape index (κ1) is 25.5. The van der Waals surface area contributed by atoms with Crippen molar-refractivity contribution in [3.63, 3.8) is 0 Å². The molecule has 0 radical (unpaired) electrons. The van der Waals surface area contributed by atoms with Crippen LogP contribution in [-0.4, -0.2) is 54.9 Å². The van der Waals surface area contributed by atoms with E-state index in [1.807, 2.05) is 12.3 Å². The van der Waals surface area contributed by atoms with Crippen LogP contribution in [0.25, 0.3) is 0 Å². The van der Waals surface area contributed by atoms with E-state index in [0.717, 1.165) is 55.7 Å². The van der Waals surface area contributed by atoms with Crippen LogP contribution in [0.4, 0.5) is 11.5 Å². The number of aromatic nitrogens is 1. The standard InChI is InChI=1S/C29H43N5O/c1-4-14-33(15-5-2)26-20-28(32-30-22-24-10-8-9-23(3)19-24)31-29(21-26)35-18-17-34-16-13-25-11-6-7-12-27(25)34/h8-10,19-22,25,27H,4-7,11-18H2,1-3H3,(H,31,32)/b30-22+. The fourth-order valence-electron chi connectivity index (χ4n) is 5.69. The van der Waals surface area contributed by atoms with E-state index in [9.17, 15) is 0 Å². The van der Waals surface area contributed by atoms with Crippen molar-refractivity contribution in [2.45, 2.75) is 71.8 Å². The summed E-state index contributed by atoms with van der Waals surface area (Å²) in [5.74, 6) is 2.29. The summed E-state index contributed by atoms with van der Waals surface area (Å²) in [6, 6.07) is 13.2. The van der Waals surface area contributed by atoms with Gasteiger partial charge in [0.25, 0.3) is 0 Å². The Morgan fingerprint density at radius 2 is 1.94 bits per heavy atom. The third kappa shape index (κ3) is 7.20. The molecule has 1 aliphatic carbocycles. The van der Waals surface area contributed by atoms with Gasteiger partial charge in [0.05, 0.1) is 6.21 Å². The summed E-state index contributed by atoms with van der Waals surface area (Å²) in [7, 11) is 0. The number of pyridine rings is 1. The monoisotopic (exact) mass is 477 g/mol. The Labute approximate surface area is 211 Å². The smallest absolute Gasteiger partial charge is 0.217 e. The number of nitrogens with zero attached hydrogens (tertiary/aromatic N) is 4. The first-order chi connectivity index (χ1) is 17.2. The van der Waals surface area contributed by atoms with Crippen molar-refractivity contribution in [1.29, 1.82) is 0 Å². The average molecular weight is 478 g/mol. The molecule has 2 atom stereocenters. The minimum Gasteiger partial charge on any atom is -0.476 e. The van der Waals surface area contributed by atoms with Crippen LogP contribution in [-0.2, 0) is 0 Å². The van der Waals surface area contributed by atoms with Gasteiger partial charge in [-0.25, -0.2) is 0 Å². The zero-order valence-corrected chi connectivity index (χ0v) is 21.9. The quantitative estimate of drug-likeness (QED) is 0.295. The van der Waals surface area contributed by atoms with Crippen LogP contribution in [0, 0.1) is 12.8 Å². The zero-order valence-electron chi connectivity index (χ0n) is 21.9. The Morgan fingerprint density at radius 1 is 1.11 bits per heavy atom. The Balaban J connectivity index is 1.43. The van der Waals surface area contributed by atoms with Gasteiger partial charge in [-0.1, -0.05) is 56.5 Å². The summed E-state index contributed by atoms with van der Waals surface area (Å²) in [5.41, 5.74) is 6.57. The van der Waals surface area contributed by atoms with Gasteiger partial charge in [0.1, 0.15) is 6.61 Å². The molecular weight excluding hydrogens is 434 g/mol. The lowest BCUT2D eigenvalue weighted by molar-refractivity contribution is 0.153. The van der Waals surface area contributed by atoms with Crippen LogP contribution < -0.4 is 15.1 Å². The van der Waals surface area contributed by atoms with Crippen molar-refractivity contribution in [3.05, 3.63) is 47.5 Å². The Bertz CT molecular complexity index is 956. The normalized spacial score (nSPS) is 20.2. The minimum absolute atomic E-state index is 0.673. The topological polar surface area (TPSA) is 53.0 Å². The number of rotatable bonds is 12. The van der Waals surface area contributed by atoms with E-state index < -0.39 is 0 Å². The maximum Gasteiger partial charge on any atom is 0.217 e. The number of anilines is 2. The molecule has 6 heteroatoms. The fourth-order valence-corrected chi connectivity index (χ4v) is 5.69. The molecule has 2 fully saturated rings. The van der Waals surface area contributed by atoms with Crippen LogP contribution in [0.3, 0.4) is 0 Å². The van der Waals surface area contributed by atoms with Crippen molar-refractivity contribution in [3.8, 4) is 5.88 Å². The lowest BCUT2D eigenvalue weighted by Gasteiger charge is -2.31. The van der Waals surface area contributed by atoms with Crippen molar-refractivity contribution in [2.24, 2.45) is 11.0 Å². The number of hydrazone groups is 1. The van der Waals surface area contributed by atoms with Gasteiger partial charge >= 0.3 is 0 Å². The predicted octanol–water partition coefficient (Wildman–Crippen LogP) is 6.11. The van der Waals surface area contributed by atoms with Crippen molar-refractivity contribution in [2.75, 3.05) is 43.1 Å². The van der Waals surface area contributed by atoms with E-state index in [1.54, 1.807) is 0 Å². The molecule has 0 amide bonds. The van der Waals surface area contributed by atoms with Gasteiger partial charge in [0.2, 0.25) is 5.88 Å². The molecule has 2 aromatic rings. The molecule has 35 heavy (non-hydrogen) atoms. The van der Waals surface area contributed by atoms with Crippen LogP contribution in [0.15, 0.2) is 41.5 Å². The number of hydrogen-bond acceptors (Lipinski definition) is 6. The second-order valence-electron chi connectivity index (χ2n) is 10.1. The molecule has 1 saturated carbocycles. The third-order valence-corrected chi connectivity index (χ3v) is 7.33. The van der Waals surface area contributed by atoms with E-state index in [2.05, 4.69) is 71.4 Å².